The van der Waals surface area contributed by atoms with Crippen LogP contribution in [0.25, 0.3) is 0 Å². The topological polar surface area (TPSA) is 89.7 Å². The number of sulfonamides is 1. The maximum atomic E-state index is 11.9. The lowest BCUT2D eigenvalue weighted by Crippen LogP contribution is -2.34. The van der Waals surface area contributed by atoms with E-state index in [1.165, 1.54) is 4.31 Å². The van der Waals surface area contributed by atoms with Crippen molar-refractivity contribution in [3.8, 4) is 0 Å². The number of ether oxygens (including phenoxy) is 1. The van der Waals surface area contributed by atoms with Gasteiger partial charge in [-0.1, -0.05) is 6.92 Å². The molecule has 0 aliphatic carbocycles. The van der Waals surface area contributed by atoms with Crippen molar-refractivity contribution in [2.24, 2.45) is 11.7 Å². The lowest BCUT2D eigenvalue weighted by molar-refractivity contribution is -0.142. The maximum Gasteiger partial charge on any atom is 0.306 e. The molecule has 0 spiro atoms. The number of carbonyl (C=O) groups is 1. The minimum Gasteiger partial charge on any atom is -0.466 e. The molecule has 1 aliphatic rings. The molecule has 0 aromatic rings. The molecule has 0 aromatic heterocycles. The second-order valence-electron chi connectivity index (χ2n) is 4.33. The van der Waals surface area contributed by atoms with Crippen LogP contribution in [-0.4, -0.2) is 50.2 Å². The van der Waals surface area contributed by atoms with Crippen LogP contribution in [0.1, 0.15) is 20.3 Å². The monoisotopic (exact) mass is 264 g/mol. The van der Waals surface area contributed by atoms with Crippen LogP contribution in [0.5, 0.6) is 0 Å². The summed E-state index contributed by atoms with van der Waals surface area (Å²) in [6.07, 6.45) is -0.101. The van der Waals surface area contributed by atoms with Crippen molar-refractivity contribution in [3.63, 3.8) is 0 Å². The molecule has 17 heavy (non-hydrogen) atoms. The van der Waals surface area contributed by atoms with Crippen molar-refractivity contribution in [3.05, 3.63) is 0 Å². The van der Waals surface area contributed by atoms with Gasteiger partial charge in [-0.25, -0.2) is 12.7 Å². The Balaban J connectivity index is 2.49. The average molecular weight is 264 g/mol. The molecule has 1 aliphatic heterocycles. The normalized spacial score (nSPS) is 26.1. The van der Waals surface area contributed by atoms with E-state index in [-0.39, 0.29) is 30.7 Å². The Morgan fingerprint density at radius 3 is 2.59 bits per heavy atom. The Bertz CT molecular complexity index is 359. The van der Waals surface area contributed by atoms with Gasteiger partial charge in [-0.15, -0.1) is 0 Å². The van der Waals surface area contributed by atoms with E-state index in [2.05, 4.69) is 0 Å². The third-order valence-corrected chi connectivity index (χ3v) is 4.70. The van der Waals surface area contributed by atoms with E-state index < -0.39 is 16.0 Å². The van der Waals surface area contributed by atoms with Crippen LogP contribution in [0.3, 0.4) is 0 Å². The lowest BCUT2D eigenvalue weighted by atomic mass is 10.1. The summed E-state index contributed by atoms with van der Waals surface area (Å²) in [5, 5.41) is 0. The van der Waals surface area contributed by atoms with Gasteiger partial charge in [0.15, 0.2) is 0 Å². The number of hydrogen-bond acceptors (Lipinski definition) is 5. The second-order valence-corrected chi connectivity index (χ2v) is 6.42. The second kappa shape index (κ2) is 5.79. The SMILES string of the molecule is CCOC(=O)CCS(=O)(=O)N1CC(C)C(N)C1. The van der Waals surface area contributed by atoms with Crippen LogP contribution in [0.4, 0.5) is 0 Å². The molecule has 2 unspecified atom stereocenters. The number of carbonyl (C=O) groups excluding carboxylic acids is 1. The molecule has 0 bridgehead atoms. The van der Waals surface area contributed by atoms with E-state index >= 15 is 0 Å². The molecule has 0 saturated carbocycles. The zero-order valence-corrected chi connectivity index (χ0v) is 11.1. The minimum atomic E-state index is -3.39. The highest BCUT2D eigenvalue weighted by molar-refractivity contribution is 7.89. The Hall–Kier alpha value is -0.660. The molecule has 6 nitrogen and oxygen atoms in total. The van der Waals surface area contributed by atoms with Crippen LogP contribution in [-0.2, 0) is 19.6 Å². The smallest absolute Gasteiger partial charge is 0.306 e. The summed E-state index contributed by atoms with van der Waals surface area (Å²) >= 11 is 0. The molecule has 0 amide bonds. The molecule has 0 radical (unpaired) electrons. The lowest BCUT2D eigenvalue weighted by Gasteiger charge is -2.15. The van der Waals surface area contributed by atoms with Crippen molar-refractivity contribution >= 4 is 16.0 Å². The van der Waals surface area contributed by atoms with Crippen molar-refractivity contribution in [1.29, 1.82) is 0 Å². The van der Waals surface area contributed by atoms with Gasteiger partial charge in [-0.2, -0.15) is 0 Å². The fraction of sp³-hybridized carbons (Fsp3) is 0.900. The highest BCUT2D eigenvalue weighted by Crippen LogP contribution is 2.18. The van der Waals surface area contributed by atoms with Gasteiger partial charge in [-0.05, 0) is 12.8 Å². The fourth-order valence-corrected chi connectivity index (χ4v) is 3.29. The van der Waals surface area contributed by atoms with Gasteiger partial charge in [0, 0.05) is 19.1 Å². The Kier molecular flexibility index (Phi) is 4.91. The molecule has 1 rings (SSSR count). The van der Waals surface area contributed by atoms with E-state index in [0.717, 1.165) is 0 Å². The highest BCUT2D eigenvalue weighted by atomic mass is 32.2. The number of rotatable bonds is 5. The van der Waals surface area contributed by atoms with E-state index in [9.17, 15) is 13.2 Å². The fourth-order valence-electron chi connectivity index (χ4n) is 1.75. The van der Waals surface area contributed by atoms with E-state index in [4.69, 9.17) is 10.5 Å². The van der Waals surface area contributed by atoms with E-state index in [1.807, 2.05) is 6.92 Å². The predicted octanol–water partition coefficient (Wildman–Crippen LogP) is -0.452. The summed E-state index contributed by atoms with van der Waals surface area (Å²) in [5.41, 5.74) is 5.77. The van der Waals surface area contributed by atoms with Crippen molar-refractivity contribution in [1.82, 2.24) is 4.31 Å². The zero-order chi connectivity index (χ0) is 13.1. The largest absolute Gasteiger partial charge is 0.466 e. The van der Waals surface area contributed by atoms with E-state index in [0.29, 0.717) is 13.1 Å². The van der Waals surface area contributed by atoms with Crippen LogP contribution in [0, 0.1) is 5.92 Å². The van der Waals surface area contributed by atoms with E-state index in [1.54, 1.807) is 6.92 Å². The first-order valence-electron chi connectivity index (χ1n) is 5.76. The number of nitrogens with zero attached hydrogens (tertiary/aromatic N) is 1. The number of hydrogen-bond donors (Lipinski definition) is 1. The van der Waals surface area contributed by atoms with Crippen LogP contribution in [0.2, 0.25) is 0 Å². The number of esters is 1. The molecule has 1 heterocycles. The third kappa shape index (κ3) is 3.93. The number of nitrogens with two attached hydrogens (primary N) is 1. The summed E-state index contributed by atoms with van der Waals surface area (Å²) in [4.78, 5) is 11.1. The maximum absolute atomic E-state index is 11.9. The summed E-state index contributed by atoms with van der Waals surface area (Å²) in [5.74, 6) is -0.523. The third-order valence-electron chi connectivity index (χ3n) is 2.90. The van der Waals surface area contributed by atoms with Crippen LogP contribution >= 0.6 is 0 Å². The molecular formula is C10H20N2O4S. The Morgan fingerprint density at radius 1 is 1.47 bits per heavy atom. The highest BCUT2D eigenvalue weighted by Gasteiger charge is 2.34. The summed E-state index contributed by atoms with van der Waals surface area (Å²) in [7, 11) is -3.39. The average Bonchev–Trinajstić information content (AvgIpc) is 2.58. The van der Waals surface area contributed by atoms with Gasteiger partial charge in [0.25, 0.3) is 0 Å². The molecule has 1 fully saturated rings. The summed E-state index contributed by atoms with van der Waals surface area (Å²) in [6.45, 7) is 4.66. The molecule has 2 atom stereocenters. The Labute approximate surface area is 102 Å². The van der Waals surface area contributed by atoms with Gasteiger partial charge >= 0.3 is 5.97 Å². The van der Waals surface area contributed by atoms with Gasteiger partial charge in [0.2, 0.25) is 10.0 Å². The first-order valence-corrected chi connectivity index (χ1v) is 7.36. The van der Waals surface area contributed by atoms with Gasteiger partial charge < -0.3 is 10.5 Å². The van der Waals surface area contributed by atoms with Crippen molar-refractivity contribution in [2.45, 2.75) is 26.3 Å². The van der Waals surface area contributed by atoms with Crippen LogP contribution in [0.15, 0.2) is 0 Å². The molecule has 1 saturated heterocycles. The summed E-state index contributed by atoms with van der Waals surface area (Å²) < 4.78 is 29.8. The zero-order valence-electron chi connectivity index (χ0n) is 10.3. The molecular weight excluding hydrogens is 244 g/mol. The predicted molar refractivity (Wildman–Crippen MR) is 63.7 cm³/mol. The molecule has 7 heteroatoms. The van der Waals surface area contributed by atoms with Crippen molar-refractivity contribution < 1.29 is 17.9 Å². The van der Waals surface area contributed by atoms with Crippen molar-refractivity contribution in [2.75, 3.05) is 25.4 Å². The quantitative estimate of drug-likeness (QED) is 0.679. The minimum absolute atomic E-state index is 0.101. The molecule has 0 aromatic carbocycles. The van der Waals surface area contributed by atoms with Gasteiger partial charge in [0.05, 0.1) is 18.8 Å². The molecule has 2 N–H and O–H groups in total. The standard InChI is InChI=1S/C10H20N2O4S/c1-3-16-10(13)4-5-17(14,15)12-6-8(2)9(11)7-12/h8-9H,3-7,11H2,1-2H3. The van der Waals surface area contributed by atoms with Gasteiger partial charge in [0.1, 0.15) is 0 Å². The first kappa shape index (κ1) is 14.4. The first-order chi connectivity index (χ1) is 7.86. The van der Waals surface area contributed by atoms with Crippen LogP contribution < -0.4 is 5.73 Å². The summed E-state index contributed by atoms with van der Waals surface area (Å²) in [6, 6.07) is -0.118. The van der Waals surface area contributed by atoms with Gasteiger partial charge in [-0.3, -0.25) is 4.79 Å². The Morgan fingerprint density at radius 2 is 2.12 bits per heavy atom. The molecule has 100 valence electrons.